The topological polar surface area (TPSA) is 142 Å². The molecule has 1 aromatic carbocycles. The molecule has 0 heterocycles. The van der Waals surface area contributed by atoms with E-state index >= 15 is 0 Å². The number of rotatable bonds is 6. The molecule has 0 radical (unpaired) electrons. The average Bonchev–Trinajstić information content (AvgIpc) is 3.19. The molecular formula is C35H42O10. The van der Waals surface area contributed by atoms with Gasteiger partial charge >= 0.3 is 23.9 Å². The number of carbonyl (C=O) groups is 5. The van der Waals surface area contributed by atoms with E-state index in [1.54, 1.807) is 19.9 Å². The fourth-order valence-corrected chi connectivity index (χ4v) is 10.2. The van der Waals surface area contributed by atoms with E-state index in [1.165, 1.54) is 26.8 Å². The van der Waals surface area contributed by atoms with Crippen LogP contribution in [-0.4, -0.2) is 65.3 Å². The molecule has 45 heavy (non-hydrogen) atoms. The van der Waals surface area contributed by atoms with Gasteiger partial charge in [0.2, 0.25) is 0 Å². The summed E-state index contributed by atoms with van der Waals surface area (Å²) in [6, 6.07) is 9.17. The number of fused-ring (bicyclic) bond motifs is 1. The minimum Gasteiger partial charge on any atom is -0.462 e. The first-order valence-corrected chi connectivity index (χ1v) is 15.3. The molecule has 0 aromatic heterocycles. The van der Waals surface area contributed by atoms with Crippen LogP contribution >= 0.6 is 0 Å². The van der Waals surface area contributed by atoms with Gasteiger partial charge in [-0.3, -0.25) is 19.2 Å². The molecule has 10 atom stereocenters. The summed E-state index contributed by atoms with van der Waals surface area (Å²) in [5, 5.41) is 12.4. The minimum atomic E-state index is -1.54. The van der Waals surface area contributed by atoms with E-state index in [0.717, 1.165) is 5.56 Å². The Morgan fingerprint density at radius 3 is 2.07 bits per heavy atom. The Morgan fingerprint density at radius 2 is 1.49 bits per heavy atom. The second kappa shape index (κ2) is 10.9. The molecule has 4 saturated carbocycles. The van der Waals surface area contributed by atoms with Crippen molar-refractivity contribution in [3.8, 4) is 0 Å². The van der Waals surface area contributed by atoms with Gasteiger partial charge in [-0.2, -0.15) is 0 Å². The van der Waals surface area contributed by atoms with Crippen LogP contribution in [-0.2, 0) is 42.9 Å². The Kier molecular flexibility index (Phi) is 7.92. The van der Waals surface area contributed by atoms with Gasteiger partial charge in [-0.25, -0.2) is 4.79 Å². The number of aliphatic hydroxyl groups is 1. The van der Waals surface area contributed by atoms with Crippen LogP contribution in [0, 0.1) is 33.5 Å². The lowest BCUT2D eigenvalue weighted by Gasteiger charge is -2.62. The summed E-state index contributed by atoms with van der Waals surface area (Å²) in [6.07, 6.45) is -3.14. The van der Waals surface area contributed by atoms with Crippen molar-refractivity contribution in [1.82, 2.24) is 0 Å². The van der Waals surface area contributed by atoms with Crippen molar-refractivity contribution in [3.05, 3.63) is 54.1 Å². The molecule has 10 nitrogen and oxygen atoms in total. The lowest BCUT2D eigenvalue weighted by Crippen LogP contribution is -2.67. The number of esters is 4. The predicted molar refractivity (Wildman–Crippen MR) is 161 cm³/mol. The number of ether oxygens (including phenoxy) is 4. The van der Waals surface area contributed by atoms with Crippen LogP contribution in [0.25, 0.3) is 6.08 Å². The molecule has 2 bridgehead atoms. The van der Waals surface area contributed by atoms with Crippen LogP contribution in [0.2, 0.25) is 0 Å². The number of Topliss-reactive ketones (excluding diaryl/α,β-unsaturated/α-hetero) is 1. The Balaban J connectivity index is 1.78. The monoisotopic (exact) mass is 622 g/mol. The van der Waals surface area contributed by atoms with E-state index in [9.17, 15) is 29.1 Å². The van der Waals surface area contributed by atoms with Gasteiger partial charge in [-0.15, -0.1) is 0 Å². The second-order valence-electron chi connectivity index (χ2n) is 13.7. The SMILES string of the molecule is C=C1C(OC(=O)C=Cc2ccccc2)CC(OC(C)=O)C2(C)C(O)C(OC(C)=O)C34C(C)C(=O)CC(C(OC(C)=O)C123)C4(C)C. The lowest BCUT2D eigenvalue weighted by atomic mass is 9.42. The highest BCUT2D eigenvalue weighted by molar-refractivity contribution is 5.88. The van der Waals surface area contributed by atoms with Crippen molar-refractivity contribution in [2.45, 2.75) is 91.8 Å². The molecule has 10 heteroatoms. The van der Waals surface area contributed by atoms with Crippen molar-refractivity contribution in [2.75, 3.05) is 0 Å². The van der Waals surface area contributed by atoms with Crippen LogP contribution in [0.1, 0.15) is 66.9 Å². The maximum Gasteiger partial charge on any atom is 0.331 e. The van der Waals surface area contributed by atoms with Crippen molar-refractivity contribution < 1.29 is 48.0 Å². The summed E-state index contributed by atoms with van der Waals surface area (Å²) in [5.41, 5.74) is -4.26. The quantitative estimate of drug-likeness (QED) is 0.214. The highest BCUT2D eigenvalue weighted by Crippen LogP contribution is 2.86. The molecule has 0 aliphatic heterocycles. The first-order valence-electron chi connectivity index (χ1n) is 15.3. The summed E-state index contributed by atoms with van der Waals surface area (Å²) in [5.74, 6) is -4.20. The third-order valence-electron chi connectivity index (χ3n) is 11.6. The van der Waals surface area contributed by atoms with Gasteiger partial charge in [0.1, 0.15) is 36.3 Å². The molecule has 4 fully saturated rings. The summed E-state index contributed by atoms with van der Waals surface area (Å²) in [7, 11) is 0. The molecule has 4 aliphatic carbocycles. The Labute approximate surface area is 263 Å². The van der Waals surface area contributed by atoms with E-state index < -0.39 is 87.9 Å². The second-order valence-corrected chi connectivity index (χ2v) is 13.7. The molecule has 242 valence electrons. The fraction of sp³-hybridized carbons (Fsp3) is 0.571. The highest BCUT2D eigenvalue weighted by Gasteiger charge is 2.93. The van der Waals surface area contributed by atoms with Crippen LogP contribution in [0.15, 0.2) is 48.6 Å². The smallest absolute Gasteiger partial charge is 0.331 e. The third-order valence-corrected chi connectivity index (χ3v) is 11.6. The van der Waals surface area contributed by atoms with E-state index in [1.807, 2.05) is 44.2 Å². The summed E-state index contributed by atoms with van der Waals surface area (Å²) in [4.78, 5) is 65.4. The van der Waals surface area contributed by atoms with Crippen molar-refractivity contribution in [2.24, 2.45) is 33.5 Å². The van der Waals surface area contributed by atoms with Crippen LogP contribution in [0.3, 0.4) is 0 Å². The predicted octanol–water partition coefficient (Wildman–Crippen LogP) is 3.99. The molecule has 10 unspecified atom stereocenters. The summed E-state index contributed by atoms with van der Waals surface area (Å²) >= 11 is 0. The first kappa shape index (κ1) is 32.6. The molecule has 1 aromatic rings. The van der Waals surface area contributed by atoms with Crippen molar-refractivity contribution in [1.29, 1.82) is 0 Å². The first-order chi connectivity index (χ1) is 21.0. The maximum absolute atomic E-state index is 13.9. The molecule has 2 spiro atoms. The zero-order valence-electron chi connectivity index (χ0n) is 26.8. The van der Waals surface area contributed by atoms with E-state index in [0.29, 0.717) is 5.57 Å². The molecule has 5 rings (SSSR count). The normalized spacial score (nSPS) is 39.5. The van der Waals surface area contributed by atoms with Gasteiger partial charge in [-0.1, -0.05) is 64.6 Å². The number of hydrogen-bond acceptors (Lipinski definition) is 10. The van der Waals surface area contributed by atoms with Gasteiger partial charge in [0.05, 0.1) is 5.41 Å². The largest absolute Gasteiger partial charge is 0.462 e. The molecule has 0 amide bonds. The Bertz CT molecular complexity index is 1480. The Morgan fingerprint density at radius 1 is 0.911 bits per heavy atom. The Hall–Kier alpha value is -3.79. The number of carbonyl (C=O) groups excluding carboxylic acids is 5. The maximum atomic E-state index is 13.9. The fourth-order valence-electron chi connectivity index (χ4n) is 10.2. The molecule has 0 saturated heterocycles. The summed E-state index contributed by atoms with van der Waals surface area (Å²) in [6.45, 7) is 15.5. The van der Waals surface area contributed by atoms with Crippen molar-refractivity contribution >= 4 is 35.7 Å². The van der Waals surface area contributed by atoms with E-state index in [-0.39, 0.29) is 18.6 Å². The standard InChI is InChI=1S/C35H42O10/c1-18-25(39)16-24-30(43-21(4)37)35-19(2)26(45-28(40)15-14-23-12-10-9-11-13-23)17-27(42-20(3)36)33(35,8)29(41)31(44-22(5)38)34(18,35)32(24,6)7/h9-15,18,24,26-27,29-31,41H,2,16-17H2,1,3-8H3. The van der Waals surface area contributed by atoms with Crippen LogP contribution in [0.4, 0.5) is 0 Å². The lowest BCUT2D eigenvalue weighted by molar-refractivity contribution is -0.213. The average molecular weight is 623 g/mol. The van der Waals surface area contributed by atoms with E-state index in [4.69, 9.17) is 18.9 Å². The van der Waals surface area contributed by atoms with Gasteiger partial charge in [0.15, 0.2) is 0 Å². The molecule has 1 N–H and O–H groups in total. The van der Waals surface area contributed by atoms with Crippen LogP contribution in [0.5, 0.6) is 0 Å². The van der Waals surface area contributed by atoms with Gasteiger partial charge < -0.3 is 24.1 Å². The molecule has 4 aliphatic rings. The van der Waals surface area contributed by atoms with Gasteiger partial charge in [-0.05, 0) is 22.6 Å². The number of benzene rings is 1. The van der Waals surface area contributed by atoms with Gasteiger partial charge in [0, 0.05) is 62.4 Å². The van der Waals surface area contributed by atoms with Gasteiger partial charge in [0.25, 0.3) is 0 Å². The number of aliphatic hydroxyl groups excluding tert-OH is 1. The summed E-state index contributed by atoms with van der Waals surface area (Å²) < 4.78 is 24.2. The third kappa shape index (κ3) is 4.20. The minimum absolute atomic E-state index is 0.0599. The van der Waals surface area contributed by atoms with Crippen LogP contribution < -0.4 is 0 Å². The molecular weight excluding hydrogens is 580 g/mol. The zero-order chi connectivity index (χ0) is 33.3. The number of hydrogen-bond donors (Lipinski definition) is 1. The highest BCUT2D eigenvalue weighted by atomic mass is 16.6. The zero-order valence-corrected chi connectivity index (χ0v) is 26.8. The van der Waals surface area contributed by atoms with Crippen molar-refractivity contribution in [3.63, 3.8) is 0 Å². The number of ketones is 1. The van der Waals surface area contributed by atoms with E-state index in [2.05, 4.69) is 6.58 Å².